The molecule has 10 unspecified atom stereocenters. The average Bonchev–Trinajstić information content (AvgIpc) is 1.63. The normalized spacial score (nSPS) is 37.2. The summed E-state index contributed by atoms with van der Waals surface area (Å²) in [6.45, 7) is 21.9. The van der Waals surface area contributed by atoms with Gasteiger partial charge < -0.3 is 104 Å². The molecule has 0 bridgehead atoms. The van der Waals surface area contributed by atoms with Gasteiger partial charge in [0.05, 0.1) is 102 Å². The van der Waals surface area contributed by atoms with E-state index in [4.69, 9.17) is 110 Å². The summed E-state index contributed by atoms with van der Waals surface area (Å²) in [4.78, 5) is 13.4. The van der Waals surface area contributed by atoms with Crippen molar-refractivity contribution in [1.29, 1.82) is 5.41 Å². The summed E-state index contributed by atoms with van der Waals surface area (Å²) in [5.41, 5.74) is 4.58. The monoisotopic (exact) mass is 1540 g/mol. The van der Waals surface area contributed by atoms with Crippen LogP contribution in [-0.2, 0) is 142 Å². The predicted molar refractivity (Wildman–Crippen MR) is 401 cm³/mol. The van der Waals surface area contributed by atoms with E-state index < -0.39 is 165 Å². The smallest absolute Gasteiger partial charge is 0.303 e. The van der Waals surface area contributed by atoms with Gasteiger partial charge in [0.25, 0.3) is 0 Å². The van der Waals surface area contributed by atoms with E-state index in [0.717, 1.165) is 33.4 Å². The molecule has 0 saturated carbocycles. The summed E-state index contributed by atoms with van der Waals surface area (Å²) in [6, 6.07) is 59.6. The molecule has 6 aromatic carbocycles. The molecule has 8 fully saturated rings. The van der Waals surface area contributed by atoms with E-state index in [0.29, 0.717) is 6.61 Å². The zero-order chi connectivity index (χ0) is 77.3. The van der Waals surface area contributed by atoms with E-state index in [1.165, 1.54) is 13.8 Å². The van der Waals surface area contributed by atoms with Crippen LogP contribution in [0.1, 0.15) is 116 Å². The molecule has 0 spiro atoms. The van der Waals surface area contributed by atoms with Crippen LogP contribution in [0.4, 0.5) is 0 Å². The van der Waals surface area contributed by atoms with E-state index in [1.807, 2.05) is 237 Å². The molecule has 24 heteroatoms. The zero-order valence-corrected chi connectivity index (χ0v) is 65.2. The maximum atomic E-state index is 13.4. The molecule has 8 aliphatic heterocycles. The maximum Gasteiger partial charge on any atom is 0.303 e. The largest absolute Gasteiger partial charge is 0.457 e. The van der Waals surface area contributed by atoms with Crippen LogP contribution in [0.2, 0.25) is 0 Å². The lowest BCUT2D eigenvalue weighted by atomic mass is 9.89. The molecule has 600 valence electrons. The molecule has 0 aromatic heterocycles. The van der Waals surface area contributed by atoms with E-state index in [2.05, 4.69) is 0 Å². The molecular formula is C87H109NO23. The van der Waals surface area contributed by atoms with Crippen molar-refractivity contribution in [2.75, 3.05) is 26.4 Å². The fraction of sp³-hybridized carbons (Fsp3) is 0.563. The summed E-state index contributed by atoms with van der Waals surface area (Å²) in [7, 11) is 0. The molecule has 0 aliphatic carbocycles. The highest BCUT2D eigenvalue weighted by Gasteiger charge is 2.63. The van der Waals surface area contributed by atoms with Crippen molar-refractivity contribution >= 4 is 11.9 Å². The predicted octanol–water partition coefficient (Wildman–Crippen LogP) is 12.6. The van der Waals surface area contributed by atoms with Crippen molar-refractivity contribution in [3.05, 3.63) is 215 Å². The van der Waals surface area contributed by atoms with Gasteiger partial charge in [-0.05, 0) is 62.4 Å². The highest BCUT2D eigenvalue weighted by molar-refractivity contribution is 5.69. The summed E-state index contributed by atoms with van der Waals surface area (Å²) in [5, 5.41) is 8.78. The summed E-state index contributed by atoms with van der Waals surface area (Å²) >= 11 is 0. The molecular weight excluding hydrogens is 1430 g/mol. The summed E-state index contributed by atoms with van der Waals surface area (Å²) in [6.07, 6.45) is -21.2. The molecule has 0 radical (unpaired) electrons. The minimum absolute atomic E-state index is 0.0857. The van der Waals surface area contributed by atoms with Crippen molar-refractivity contribution in [3.8, 4) is 0 Å². The molecule has 0 amide bonds. The number of rotatable bonds is 30. The number of carbonyl (C=O) groups is 1. The van der Waals surface area contributed by atoms with Crippen molar-refractivity contribution in [2.24, 2.45) is 23.7 Å². The highest BCUT2D eigenvalue weighted by atomic mass is 16.8. The number of hydrogen-bond acceptors (Lipinski definition) is 24. The SMILES string of the molecule is CC(=N)O[C@H]1OC(C)[C@H](OC(C)=O)C(O[C@@H]2OC(C)[C@H](C)[C@@H]3OC(C)(C)OC23)[C@H]1O[C@@H]1OC(C)[C@H](O[C@@H]2OC[C@@H](C)C(O[C@@H]3OCC4(COCc5ccccc5)O[C@@H](c5ccccc5)O[C@H]34)[C@H]2OCc2ccccc2)C(O[C@@H]2OC(COCc3ccccc3)[C@@H](OCc3ccccc3)C(OCc3ccccc3)[C@H]2C)[C@@H]1C. The number of nitrogens with one attached hydrogen (secondary N) is 1. The zero-order valence-electron chi connectivity index (χ0n) is 65.2. The van der Waals surface area contributed by atoms with E-state index >= 15 is 0 Å². The average molecular weight is 1540 g/mol. The van der Waals surface area contributed by atoms with Crippen LogP contribution < -0.4 is 0 Å². The molecule has 6 aromatic rings. The van der Waals surface area contributed by atoms with Crippen molar-refractivity contribution < 1.29 is 109 Å². The fourth-order valence-corrected chi connectivity index (χ4v) is 16.2. The first-order valence-corrected chi connectivity index (χ1v) is 39.2. The van der Waals surface area contributed by atoms with Crippen LogP contribution in [0.15, 0.2) is 182 Å². The van der Waals surface area contributed by atoms with Crippen LogP contribution in [-0.4, -0.2) is 185 Å². The molecule has 28 atom stereocenters. The van der Waals surface area contributed by atoms with Crippen molar-refractivity contribution in [1.82, 2.24) is 0 Å². The third kappa shape index (κ3) is 19.5. The van der Waals surface area contributed by atoms with Crippen LogP contribution >= 0.6 is 0 Å². The second-order valence-electron chi connectivity index (χ2n) is 31.2. The standard InChI is InChI=1S/C87H109NO23/c1-51-42-95-82(75(94-47-64-38-26-16-27-39-64)67(51)103-85-78-87(50-96-85,49-91-44-61-32-20-13-21-33-61)111-81(108-78)65-40-28-17-29-41-65)105-71-56(6)98-79(107-76-74(72(101-59(9)89)57(7)99-83(76)100-58(8)88)106-84-77-70(52(2)55(5)97-84)109-86(10,11)110-77)54(4)69(71)104-80-53(3)68(92-45-62-34-22-14-23-35-62)73(93-46-63-36-24-15-25-37-63)66(102-80)48-90-43-60-30-18-12-19-31-60/h12-41,51-57,66-85,88H,42-50H2,1-11H3/t51-,52+,53-,54+,55?,56?,57?,66?,67?,68?,69?,70+,71+,72+,73-,74?,75-,76-,77?,78-,79+,80+,81+,82+,83-,84+,85+,87?/m1/s1. The van der Waals surface area contributed by atoms with Crippen LogP contribution in [0.3, 0.4) is 0 Å². The quantitative estimate of drug-likeness (QED) is 0.0250. The second-order valence-corrected chi connectivity index (χ2v) is 31.2. The molecule has 1 N–H and O–H groups in total. The number of ether oxygens (including phenoxy) is 22. The Labute approximate surface area is 651 Å². The molecule has 8 aliphatic rings. The van der Waals surface area contributed by atoms with Gasteiger partial charge in [-0.1, -0.05) is 210 Å². The van der Waals surface area contributed by atoms with Crippen LogP contribution in [0, 0.1) is 29.1 Å². The second kappa shape index (κ2) is 36.9. The minimum Gasteiger partial charge on any atom is -0.457 e. The molecule has 14 rings (SSSR count). The number of esters is 1. The molecule has 24 nitrogen and oxygen atoms in total. The lowest BCUT2D eigenvalue weighted by molar-refractivity contribution is -0.395. The van der Waals surface area contributed by atoms with E-state index in [1.54, 1.807) is 6.92 Å². The molecule has 8 heterocycles. The van der Waals surface area contributed by atoms with Gasteiger partial charge in [0, 0.05) is 43.1 Å². The Bertz CT molecular complexity index is 3860. The Hall–Kier alpha value is -6.54. The maximum absolute atomic E-state index is 13.4. The lowest BCUT2D eigenvalue weighted by Gasteiger charge is -2.52. The van der Waals surface area contributed by atoms with Crippen LogP contribution in [0.5, 0.6) is 0 Å². The number of benzene rings is 6. The number of hydrogen-bond donors (Lipinski definition) is 1. The number of fused-ring (bicyclic) bond motifs is 2. The van der Waals surface area contributed by atoms with Crippen molar-refractivity contribution in [3.63, 3.8) is 0 Å². The van der Waals surface area contributed by atoms with Crippen LogP contribution in [0.25, 0.3) is 0 Å². The highest BCUT2D eigenvalue weighted by Crippen LogP contribution is 2.49. The third-order valence-corrected chi connectivity index (χ3v) is 22.2. The Morgan fingerprint density at radius 1 is 0.414 bits per heavy atom. The van der Waals surface area contributed by atoms with Gasteiger partial charge >= 0.3 is 5.97 Å². The summed E-state index contributed by atoms with van der Waals surface area (Å²) < 4.78 is 153. The molecule has 111 heavy (non-hydrogen) atoms. The Morgan fingerprint density at radius 2 is 0.892 bits per heavy atom. The van der Waals surface area contributed by atoms with Gasteiger partial charge in [-0.25, -0.2) is 0 Å². The Morgan fingerprint density at radius 3 is 1.49 bits per heavy atom. The van der Waals surface area contributed by atoms with E-state index in [-0.39, 0.29) is 76.7 Å². The van der Waals surface area contributed by atoms with Gasteiger partial charge in [-0.15, -0.1) is 0 Å². The summed E-state index contributed by atoms with van der Waals surface area (Å²) in [5.74, 6) is -3.55. The first kappa shape index (κ1) is 81.0. The lowest BCUT2D eigenvalue weighted by Crippen LogP contribution is -2.66. The third-order valence-electron chi connectivity index (χ3n) is 22.2. The first-order chi connectivity index (χ1) is 53.7. The number of carbonyl (C=O) groups excluding carboxylic acids is 1. The van der Waals surface area contributed by atoms with Gasteiger partial charge in [-0.2, -0.15) is 0 Å². The minimum atomic E-state index is -1.34. The first-order valence-electron chi connectivity index (χ1n) is 39.2. The molecule has 8 saturated heterocycles. The topological polar surface area (TPSA) is 244 Å². The van der Waals surface area contributed by atoms with Crippen molar-refractivity contribution in [2.45, 2.75) is 262 Å². The Kier molecular flexibility index (Phi) is 27.0. The van der Waals surface area contributed by atoms with Gasteiger partial charge in [0.1, 0.15) is 48.3 Å². The van der Waals surface area contributed by atoms with Gasteiger partial charge in [-0.3, -0.25) is 10.2 Å². The van der Waals surface area contributed by atoms with Gasteiger partial charge in [0.2, 0.25) is 6.29 Å². The fourth-order valence-electron chi connectivity index (χ4n) is 16.2. The Balaban J connectivity index is 0.821. The van der Waals surface area contributed by atoms with E-state index in [9.17, 15) is 4.79 Å². The van der Waals surface area contributed by atoms with Gasteiger partial charge in [0.15, 0.2) is 61.6 Å².